The number of ether oxygens (including phenoxy) is 2. The number of esters is 1. The van der Waals surface area contributed by atoms with Crippen LogP contribution < -0.4 is 0 Å². The minimum atomic E-state index is -5.82. The van der Waals surface area contributed by atoms with Crippen molar-refractivity contribution in [2.24, 2.45) is 0 Å². The molecule has 0 aliphatic carbocycles. The monoisotopic (exact) mass is 648 g/mol. The van der Waals surface area contributed by atoms with Crippen molar-refractivity contribution in [3.63, 3.8) is 0 Å². The maximum atomic E-state index is 14.8. The number of unbranched alkanes of at least 4 members (excludes halogenated alkanes) is 9. The van der Waals surface area contributed by atoms with Gasteiger partial charge >= 0.3 is 21.3 Å². The van der Waals surface area contributed by atoms with Gasteiger partial charge in [-0.3, -0.25) is 0 Å². The second kappa shape index (κ2) is 16.4. The molecule has 12 heteroatoms. The van der Waals surface area contributed by atoms with E-state index in [1.165, 1.54) is 50.1 Å². The van der Waals surface area contributed by atoms with Gasteiger partial charge in [-0.25, -0.2) is 12.8 Å². The van der Waals surface area contributed by atoms with Crippen molar-refractivity contribution in [1.82, 2.24) is 0 Å². The summed E-state index contributed by atoms with van der Waals surface area (Å²) in [5, 5.41) is -3.91. The molecule has 38 heavy (non-hydrogen) atoms. The number of rotatable bonds is 18. The van der Waals surface area contributed by atoms with E-state index in [-0.39, 0.29) is 18.1 Å². The minimum absolute atomic E-state index is 0.168. The molecule has 0 aromatic heterocycles. The lowest BCUT2D eigenvalue weighted by Gasteiger charge is -2.43. The summed E-state index contributed by atoms with van der Waals surface area (Å²) in [5.74, 6) is -2.99. The molecule has 0 spiro atoms. The number of carbonyl (C=O) groups excluding carboxylic acids is 1. The lowest BCUT2D eigenvalue weighted by atomic mass is 10.1. The number of benzene rings is 1. The Kier molecular flexibility index (Phi) is 14.4. The third-order valence-corrected chi connectivity index (χ3v) is 12.2. The average Bonchev–Trinajstić information content (AvgIpc) is 2.89. The SMILES string of the molecule is CS(OS(=O)(=O)C(F)(F)C(=O)OCCCCCCCCCCCCBr)(c1ccccc1F)C1CCCCO1. The highest BCUT2D eigenvalue weighted by Gasteiger charge is 2.59. The molecule has 1 fully saturated rings. The summed E-state index contributed by atoms with van der Waals surface area (Å²) in [6.07, 6.45) is 12.9. The number of alkyl halides is 3. The first kappa shape index (κ1) is 33.4. The lowest BCUT2D eigenvalue weighted by molar-refractivity contribution is -0.161. The number of carbonyl (C=O) groups is 1. The fourth-order valence-corrected chi connectivity index (χ4v) is 9.45. The Morgan fingerprint density at radius 2 is 1.58 bits per heavy atom. The summed E-state index contributed by atoms with van der Waals surface area (Å²) in [7, 11) is -9.06. The van der Waals surface area contributed by atoms with Crippen LogP contribution in [0.25, 0.3) is 0 Å². The van der Waals surface area contributed by atoms with Crippen LogP contribution in [0.5, 0.6) is 0 Å². The minimum Gasteiger partial charge on any atom is -0.460 e. The molecule has 2 rings (SSSR count). The van der Waals surface area contributed by atoms with Crippen LogP contribution in [0.4, 0.5) is 13.2 Å². The van der Waals surface area contributed by atoms with Crippen LogP contribution in [-0.2, 0) is 28.0 Å². The summed E-state index contributed by atoms with van der Waals surface area (Å²) in [6, 6.07) is 5.24. The Morgan fingerprint density at radius 3 is 2.13 bits per heavy atom. The van der Waals surface area contributed by atoms with Crippen molar-refractivity contribution in [3.8, 4) is 0 Å². The summed E-state index contributed by atoms with van der Waals surface area (Å²) >= 11 is 3.42. The van der Waals surface area contributed by atoms with Crippen LogP contribution >= 0.6 is 26.2 Å². The molecule has 0 radical (unpaired) electrons. The van der Waals surface area contributed by atoms with Gasteiger partial charge in [-0.1, -0.05) is 89.7 Å². The van der Waals surface area contributed by atoms with E-state index in [0.29, 0.717) is 32.1 Å². The maximum absolute atomic E-state index is 14.8. The normalized spacial score (nSPS) is 19.0. The van der Waals surface area contributed by atoms with E-state index in [1.807, 2.05) is 0 Å². The lowest BCUT2D eigenvalue weighted by Crippen LogP contribution is -2.42. The fourth-order valence-electron chi connectivity index (χ4n) is 4.25. The zero-order valence-electron chi connectivity index (χ0n) is 22.0. The molecular formula is C26H40BrF3O6S2. The van der Waals surface area contributed by atoms with E-state index < -0.39 is 42.9 Å². The van der Waals surface area contributed by atoms with Crippen LogP contribution in [0.3, 0.4) is 0 Å². The van der Waals surface area contributed by atoms with E-state index in [4.69, 9.17) is 8.37 Å². The van der Waals surface area contributed by atoms with Gasteiger partial charge in [0.05, 0.1) is 11.5 Å². The summed E-state index contributed by atoms with van der Waals surface area (Å²) < 4.78 is 85.1. The highest BCUT2D eigenvalue weighted by atomic mass is 79.9. The van der Waals surface area contributed by atoms with Gasteiger partial charge in [0.2, 0.25) is 0 Å². The van der Waals surface area contributed by atoms with Crippen LogP contribution in [-0.4, -0.2) is 49.9 Å². The molecule has 6 nitrogen and oxygen atoms in total. The third kappa shape index (κ3) is 9.67. The Labute approximate surface area is 235 Å². The number of halogens is 4. The molecule has 1 aliphatic heterocycles. The van der Waals surface area contributed by atoms with Crippen molar-refractivity contribution in [3.05, 3.63) is 30.1 Å². The van der Waals surface area contributed by atoms with Gasteiger partial charge in [0.15, 0.2) is 0 Å². The third-order valence-electron chi connectivity index (χ3n) is 6.46. The number of hydrogen-bond acceptors (Lipinski definition) is 6. The maximum Gasteiger partial charge on any atom is 0.466 e. The molecule has 2 unspecified atom stereocenters. The first-order valence-electron chi connectivity index (χ1n) is 13.3. The van der Waals surface area contributed by atoms with Crippen molar-refractivity contribution >= 4 is 42.3 Å². The second-order valence-corrected chi connectivity index (χ2v) is 15.1. The molecule has 0 amide bonds. The molecule has 1 saturated heterocycles. The average molecular weight is 650 g/mol. The predicted octanol–water partition coefficient (Wildman–Crippen LogP) is 7.84. The summed E-state index contributed by atoms with van der Waals surface area (Å²) in [6.45, 7) is -0.0550. The van der Waals surface area contributed by atoms with E-state index in [1.54, 1.807) is 0 Å². The van der Waals surface area contributed by atoms with Gasteiger partial charge in [-0.2, -0.15) is 17.2 Å². The Morgan fingerprint density at radius 1 is 1.00 bits per heavy atom. The molecule has 1 aromatic carbocycles. The largest absolute Gasteiger partial charge is 0.466 e. The van der Waals surface area contributed by atoms with Crippen LogP contribution in [0.1, 0.15) is 83.5 Å². The quantitative estimate of drug-likeness (QED) is 0.0917. The molecule has 0 bridgehead atoms. The van der Waals surface area contributed by atoms with Crippen LogP contribution in [0.15, 0.2) is 29.2 Å². The zero-order chi connectivity index (χ0) is 28.1. The topological polar surface area (TPSA) is 78.9 Å². The van der Waals surface area contributed by atoms with Gasteiger partial charge in [-0.15, -0.1) is 0 Å². The molecule has 1 aromatic rings. The summed E-state index contributed by atoms with van der Waals surface area (Å²) in [4.78, 5) is 12.0. The summed E-state index contributed by atoms with van der Waals surface area (Å²) in [5.41, 5.74) is -0.927. The zero-order valence-corrected chi connectivity index (χ0v) is 25.2. The number of hydrogen-bond donors (Lipinski definition) is 0. The van der Waals surface area contributed by atoms with Crippen LogP contribution in [0, 0.1) is 5.82 Å². The van der Waals surface area contributed by atoms with E-state index >= 15 is 0 Å². The van der Waals surface area contributed by atoms with Crippen molar-refractivity contribution < 1.29 is 39.5 Å². The van der Waals surface area contributed by atoms with Gasteiger partial charge < -0.3 is 9.47 Å². The highest BCUT2D eigenvalue weighted by molar-refractivity contribution is 9.09. The van der Waals surface area contributed by atoms with E-state index in [9.17, 15) is 26.4 Å². The van der Waals surface area contributed by atoms with Gasteiger partial charge in [-0.05, 0) is 50.5 Å². The molecule has 0 saturated carbocycles. The van der Waals surface area contributed by atoms with Crippen LogP contribution in [0.2, 0.25) is 0 Å². The molecule has 2 atom stereocenters. The Balaban J connectivity index is 1.89. The standard InChI is InChI=1S/C26H40BrF3O6S2/c1-37(24-18-12-15-20-34-24,23-17-11-10-16-22(23)28)36-38(32,33)26(29,30)25(31)35-21-14-9-7-5-3-2-4-6-8-13-19-27/h10-11,16-17,24H,2-9,12-15,18-21H2,1H3. The van der Waals surface area contributed by atoms with Gasteiger partial charge in [0, 0.05) is 11.9 Å². The van der Waals surface area contributed by atoms with Crippen molar-refractivity contribution in [2.75, 3.05) is 24.8 Å². The molecule has 0 N–H and O–H groups in total. The van der Waals surface area contributed by atoms with Crippen molar-refractivity contribution in [1.29, 1.82) is 0 Å². The van der Waals surface area contributed by atoms with Gasteiger partial charge in [0.25, 0.3) is 0 Å². The fraction of sp³-hybridized carbons (Fsp3) is 0.731. The molecule has 220 valence electrons. The molecular weight excluding hydrogens is 609 g/mol. The second-order valence-electron chi connectivity index (χ2n) is 9.53. The van der Waals surface area contributed by atoms with E-state index in [0.717, 1.165) is 37.1 Å². The van der Waals surface area contributed by atoms with E-state index in [2.05, 4.69) is 20.7 Å². The molecule has 1 heterocycles. The van der Waals surface area contributed by atoms with Crippen molar-refractivity contribution in [2.45, 2.75) is 99.1 Å². The molecule has 1 aliphatic rings. The highest BCUT2D eigenvalue weighted by Crippen LogP contribution is 2.62. The Hall–Kier alpha value is -0.820. The predicted molar refractivity (Wildman–Crippen MR) is 148 cm³/mol. The Bertz CT molecular complexity index is 960. The van der Waals surface area contributed by atoms with Gasteiger partial charge in [0.1, 0.15) is 11.3 Å². The first-order valence-corrected chi connectivity index (χ1v) is 17.8. The first-order chi connectivity index (χ1) is 18.1. The smallest absolute Gasteiger partial charge is 0.460 e.